The van der Waals surface area contributed by atoms with Gasteiger partial charge in [-0.05, 0) is 55.9 Å². The van der Waals surface area contributed by atoms with Gasteiger partial charge in [0, 0.05) is 5.92 Å². The molecule has 0 saturated carbocycles. The number of aryl methyl sites for hydroxylation is 2. The first-order chi connectivity index (χ1) is 7.63. The van der Waals surface area contributed by atoms with Crippen molar-refractivity contribution in [2.45, 2.75) is 45.1 Å². The van der Waals surface area contributed by atoms with E-state index in [0.29, 0.717) is 5.92 Å². The number of hydrogen-bond donors (Lipinski definition) is 1. The lowest BCUT2D eigenvalue weighted by Gasteiger charge is -2.28. The van der Waals surface area contributed by atoms with E-state index < -0.39 is 0 Å². The van der Waals surface area contributed by atoms with Crippen LogP contribution >= 0.6 is 0 Å². The highest BCUT2D eigenvalue weighted by Crippen LogP contribution is 2.37. The highest BCUT2D eigenvalue weighted by atomic mass is 16.5. The Morgan fingerprint density at radius 2 is 2.19 bits per heavy atom. The summed E-state index contributed by atoms with van der Waals surface area (Å²) in [5.41, 5.74) is 3.83. The van der Waals surface area contributed by atoms with Gasteiger partial charge in [-0.1, -0.05) is 6.07 Å². The van der Waals surface area contributed by atoms with E-state index in [2.05, 4.69) is 19.1 Å². The summed E-state index contributed by atoms with van der Waals surface area (Å²) >= 11 is 0. The zero-order valence-electron chi connectivity index (χ0n) is 10.3. The Labute approximate surface area is 97.3 Å². The third kappa shape index (κ3) is 1.94. The molecule has 2 heteroatoms. The van der Waals surface area contributed by atoms with Gasteiger partial charge in [0.1, 0.15) is 5.75 Å². The molecule has 0 unspecified atom stereocenters. The summed E-state index contributed by atoms with van der Waals surface area (Å²) in [6, 6.07) is 4.32. The molecule has 0 amide bonds. The van der Waals surface area contributed by atoms with Crippen LogP contribution in [0, 0.1) is 6.92 Å². The minimum Gasteiger partial charge on any atom is -0.496 e. The van der Waals surface area contributed by atoms with E-state index in [1.54, 1.807) is 7.11 Å². The molecule has 0 heterocycles. The van der Waals surface area contributed by atoms with Gasteiger partial charge < -0.3 is 9.84 Å². The second kappa shape index (κ2) is 4.46. The maximum absolute atomic E-state index is 9.81. The van der Waals surface area contributed by atoms with Crippen LogP contribution in [-0.2, 0) is 6.42 Å². The highest BCUT2D eigenvalue weighted by molar-refractivity contribution is 5.45. The normalized spacial score (nSPS) is 21.4. The minimum atomic E-state index is -0.258. The summed E-state index contributed by atoms with van der Waals surface area (Å²) in [5.74, 6) is 1.26. The number of benzene rings is 1. The van der Waals surface area contributed by atoms with Gasteiger partial charge in [0.05, 0.1) is 13.2 Å². The molecule has 0 fully saturated rings. The van der Waals surface area contributed by atoms with E-state index in [4.69, 9.17) is 4.74 Å². The zero-order valence-corrected chi connectivity index (χ0v) is 10.3. The summed E-state index contributed by atoms with van der Waals surface area (Å²) in [6.45, 7) is 3.95. The Kier molecular flexibility index (Phi) is 3.20. The van der Waals surface area contributed by atoms with E-state index in [1.165, 1.54) is 11.1 Å². The number of hydrogen-bond acceptors (Lipinski definition) is 2. The van der Waals surface area contributed by atoms with Gasteiger partial charge in [0.15, 0.2) is 0 Å². The lowest BCUT2D eigenvalue weighted by atomic mass is 9.79. The van der Waals surface area contributed by atoms with Crippen molar-refractivity contribution in [3.05, 3.63) is 28.8 Å². The van der Waals surface area contributed by atoms with Gasteiger partial charge in [0.2, 0.25) is 0 Å². The average Bonchev–Trinajstić information content (AvgIpc) is 2.27. The second-order valence-electron chi connectivity index (χ2n) is 4.76. The van der Waals surface area contributed by atoms with E-state index in [0.717, 1.165) is 30.6 Å². The molecule has 2 atom stereocenters. The molecule has 0 spiro atoms. The van der Waals surface area contributed by atoms with Crippen LogP contribution in [0.15, 0.2) is 12.1 Å². The SMILES string of the molecule is COc1cc2c(cc1C)[C@H]([C@@H](C)O)CCC2. The molecule has 1 aliphatic carbocycles. The van der Waals surface area contributed by atoms with Crippen molar-refractivity contribution in [2.75, 3.05) is 7.11 Å². The van der Waals surface area contributed by atoms with Crippen LogP contribution in [0.3, 0.4) is 0 Å². The van der Waals surface area contributed by atoms with Gasteiger partial charge >= 0.3 is 0 Å². The van der Waals surface area contributed by atoms with Gasteiger partial charge in [-0.3, -0.25) is 0 Å². The van der Waals surface area contributed by atoms with Crippen molar-refractivity contribution in [3.63, 3.8) is 0 Å². The van der Waals surface area contributed by atoms with Crippen molar-refractivity contribution in [1.29, 1.82) is 0 Å². The quantitative estimate of drug-likeness (QED) is 0.830. The van der Waals surface area contributed by atoms with Crippen LogP contribution < -0.4 is 4.74 Å². The molecular formula is C14H20O2. The van der Waals surface area contributed by atoms with Crippen molar-refractivity contribution >= 4 is 0 Å². The molecule has 1 aliphatic rings. The van der Waals surface area contributed by atoms with Gasteiger partial charge in [0.25, 0.3) is 0 Å². The largest absolute Gasteiger partial charge is 0.496 e. The molecule has 0 saturated heterocycles. The number of rotatable bonds is 2. The number of fused-ring (bicyclic) bond motifs is 1. The number of ether oxygens (including phenoxy) is 1. The van der Waals surface area contributed by atoms with Crippen LogP contribution in [0.5, 0.6) is 5.75 Å². The molecule has 0 aliphatic heterocycles. The molecule has 0 radical (unpaired) electrons. The first kappa shape index (κ1) is 11.5. The fourth-order valence-electron chi connectivity index (χ4n) is 2.70. The molecule has 16 heavy (non-hydrogen) atoms. The highest BCUT2D eigenvalue weighted by Gasteiger charge is 2.24. The summed E-state index contributed by atoms with van der Waals surface area (Å²) < 4.78 is 5.34. The molecule has 88 valence electrons. The van der Waals surface area contributed by atoms with Crippen molar-refractivity contribution in [2.24, 2.45) is 0 Å². The molecule has 2 rings (SSSR count). The molecule has 0 bridgehead atoms. The third-order valence-corrected chi connectivity index (χ3v) is 3.60. The van der Waals surface area contributed by atoms with E-state index in [-0.39, 0.29) is 6.10 Å². The monoisotopic (exact) mass is 220 g/mol. The molecular weight excluding hydrogens is 200 g/mol. The molecule has 1 aromatic carbocycles. The Balaban J connectivity index is 2.45. The summed E-state index contributed by atoms with van der Waals surface area (Å²) in [7, 11) is 1.71. The standard InChI is InChI=1S/C14H20O2/c1-9-7-13-11(8-14(9)16-3)5-4-6-12(13)10(2)15/h7-8,10,12,15H,4-6H2,1-3H3/t10-,12+/m1/s1. The zero-order chi connectivity index (χ0) is 11.7. The Morgan fingerprint density at radius 3 is 2.81 bits per heavy atom. The molecule has 1 N–H and O–H groups in total. The van der Waals surface area contributed by atoms with Crippen LogP contribution in [-0.4, -0.2) is 18.3 Å². The predicted octanol–water partition coefficient (Wildman–Crippen LogP) is 2.80. The van der Waals surface area contributed by atoms with Crippen molar-refractivity contribution in [1.82, 2.24) is 0 Å². The average molecular weight is 220 g/mol. The van der Waals surface area contributed by atoms with Crippen LogP contribution in [0.2, 0.25) is 0 Å². The maximum Gasteiger partial charge on any atom is 0.122 e. The maximum atomic E-state index is 9.81. The first-order valence-electron chi connectivity index (χ1n) is 5.99. The molecule has 1 aromatic rings. The lowest BCUT2D eigenvalue weighted by Crippen LogP contribution is -2.20. The third-order valence-electron chi connectivity index (χ3n) is 3.60. The number of aliphatic hydroxyl groups is 1. The Hall–Kier alpha value is -1.02. The second-order valence-corrected chi connectivity index (χ2v) is 4.76. The minimum absolute atomic E-state index is 0.258. The summed E-state index contributed by atoms with van der Waals surface area (Å²) in [4.78, 5) is 0. The fourth-order valence-corrected chi connectivity index (χ4v) is 2.70. The van der Waals surface area contributed by atoms with Crippen LogP contribution in [0.25, 0.3) is 0 Å². The predicted molar refractivity (Wildman–Crippen MR) is 65.1 cm³/mol. The summed E-state index contributed by atoms with van der Waals surface area (Å²) in [5, 5.41) is 9.81. The summed E-state index contributed by atoms with van der Waals surface area (Å²) in [6.07, 6.45) is 3.10. The topological polar surface area (TPSA) is 29.5 Å². The van der Waals surface area contributed by atoms with E-state index in [1.807, 2.05) is 6.92 Å². The van der Waals surface area contributed by atoms with Gasteiger partial charge in [-0.15, -0.1) is 0 Å². The number of aliphatic hydroxyl groups excluding tert-OH is 1. The van der Waals surface area contributed by atoms with Crippen molar-refractivity contribution in [3.8, 4) is 5.75 Å². The van der Waals surface area contributed by atoms with Crippen LogP contribution in [0.4, 0.5) is 0 Å². The first-order valence-corrected chi connectivity index (χ1v) is 5.99. The van der Waals surface area contributed by atoms with Gasteiger partial charge in [-0.2, -0.15) is 0 Å². The Bertz CT molecular complexity index is 383. The smallest absolute Gasteiger partial charge is 0.122 e. The molecule has 2 nitrogen and oxygen atoms in total. The lowest BCUT2D eigenvalue weighted by molar-refractivity contribution is 0.153. The fraction of sp³-hybridized carbons (Fsp3) is 0.571. The van der Waals surface area contributed by atoms with Crippen LogP contribution in [0.1, 0.15) is 42.4 Å². The number of methoxy groups -OCH3 is 1. The molecule has 0 aromatic heterocycles. The van der Waals surface area contributed by atoms with E-state index in [9.17, 15) is 5.11 Å². The van der Waals surface area contributed by atoms with E-state index >= 15 is 0 Å². The van der Waals surface area contributed by atoms with Gasteiger partial charge in [-0.25, -0.2) is 0 Å². The van der Waals surface area contributed by atoms with Crippen molar-refractivity contribution < 1.29 is 9.84 Å². The Morgan fingerprint density at radius 1 is 1.44 bits per heavy atom.